The van der Waals surface area contributed by atoms with Gasteiger partial charge in [-0.15, -0.1) is 0 Å². The van der Waals surface area contributed by atoms with Gasteiger partial charge in [-0.2, -0.15) is 0 Å². The lowest BCUT2D eigenvalue weighted by atomic mass is 10.1. The van der Waals surface area contributed by atoms with E-state index in [1.54, 1.807) is 14.2 Å². The van der Waals surface area contributed by atoms with E-state index in [1.807, 2.05) is 12.1 Å². The molecule has 1 aliphatic heterocycles. The fraction of sp³-hybridized carbons (Fsp3) is 0.625. The summed E-state index contributed by atoms with van der Waals surface area (Å²) < 4.78 is 10.6. The second-order valence-corrected chi connectivity index (χ2v) is 5.75. The lowest BCUT2D eigenvalue weighted by Crippen LogP contribution is -2.43. The molecule has 1 heterocycles. The van der Waals surface area contributed by atoms with Crippen molar-refractivity contribution in [2.75, 3.05) is 46.9 Å². The maximum atomic E-state index is 6.31. The first-order valence-corrected chi connectivity index (χ1v) is 7.96. The van der Waals surface area contributed by atoms with Crippen molar-refractivity contribution in [1.82, 2.24) is 10.2 Å². The second kappa shape index (κ2) is 8.47. The number of halogens is 1. The Morgan fingerprint density at radius 3 is 2.43 bits per heavy atom. The zero-order valence-electron chi connectivity index (χ0n) is 13.0. The van der Waals surface area contributed by atoms with Crippen LogP contribution < -0.4 is 14.8 Å². The normalized spacial score (nSPS) is 16.0. The molecule has 0 amide bonds. The van der Waals surface area contributed by atoms with Gasteiger partial charge in [0.1, 0.15) is 0 Å². The van der Waals surface area contributed by atoms with E-state index in [1.165, 1.54) is 13.0 Å². The van der Waals surface area contributed by atoms with E-state index >= 15 is 0 Å². The number of rotatable bonds is 7. The van der Waals surface area contributed by atoms with Crippen molar-refractivity contribution in [3.05, 3.63) is 22.7 Å². The van der Waals surface area contributed by atoms with E-state index in [-0.39, 0.29) is 0 Å². The first-order chi connectivity index (χ1) is 10.2. The highest BCUT2D eigenvalue weighted by Gasteiger charge is 2.11. The van der Waals surface area contributed by atoms with Crippen LogP contribution in [0, 0.1) is 0 Å². The molecule has 1 aliphatic rings. The van der Waals surface area contributed by atoms with E-state index in [9.17, 15) is 0 Å². The molecule has 1 fully saturated rings. The van der Waals surface area contributed by atoms with Crippen molar-refractivity contribution in [3.63, 3.8) is 0 Å². The average Bonchev–Trinajstić information content (AvgIpc) is 2.53. The van der Waals surface area contributed by atoms with Crippen LogP contribution in [0.1, 0.15) is 18.4 Å². The minimum atomic E-state index is 0.687. The first kappa shape index (κ1) is 16.4. The Hall–Kier alpha value is -0.970. The summed E-state index contributed by atoms with van der Waals surface area (Å²) in [5.41, 5.74) is 1.13. The third-order valence-electron chi connectivity index (χ3n) is 3.93. The predicted molar refractivity (Wildman–Crippen MR) is 86.8 cm³/mol. The minimum Gasteiger partial charge on any atom is -0.493 e. The van der Waals surface area contributed by atoms with Gasteiger partial charge in [0, 0.05) is 37.3 Å². The molecule has 0 radical (unpaired) electrons. The Balaban J connectivity index is 1.82. The molecular formula is C16H25ClN2O2. The van der Waals surface area contributed by atoms with Crippen LogP contribution in [0.2, 0.25) is 5.02 Å². The van der Waals surface area contributed by atoms with Crippen LogP contribution in [0.25, 0.3) is 0 Å². The van der Waals surface area contributed by atoms with Gasteiger partial charge < -0.3 is 19.7 Å². The Bertz CT molecular complexity index is 448. The average molecular weight is 313 g/mol. The van der Waals surface area contributed by atoms with Crippen molar-refractivity contribution in [2.24, 2.45) is 0 Å². The molecule has 0 aromatic heterocycles. The third-order valence-corrected chi connectivity index (χ3v) is 4.28. The van der Waals surface area contributed by atoms with E-state index in [4.69, 9.17) is 21.1 Å². The summed E-state index contributed by atoms with van der Waals surface area (Å²) in [6, 6.07) is 3.83. The number of piperazine rings is 1. The van der Waals surface area contributed by atoms with E-state index < -0.39 is 0 Å². The minimum absolute atomic E-state index is 0.687. The fourth-order valence-corrected chi connectivity index (χ4v) is 2.92. The zero-order valence-corrected chi connectivity index (χ0v) is 13.7. The van der Waals surface area contributed by atoms with Crippen LogP contribution in [0.5, 0.6) is 11.5 Å². The van der Waals surface area contributed by atoms with E-state index in [0.717, 1.165) is 55.4 Å². The summed E-state index contributed by atoms with van der Waals surface area (Å²) in [7, 11) is 3.28. The molecule has 4 nitrogen and oxygen atoms in total. The lowest BCUT2D eigenvalue weighted by Gasteiger charge is -2.27. The molecule has 0 unspecified atom stereocenters. The Kier molecular flexibility index (Phi) is 6.61. The van der Waals surface area contributed by atoms with Gasteiger partial charge in [0.25, 0.3) is 0 Å². The molecule has 0 aliphatic carbocycles. The Labute approximate surface area is 132 Å². The van der Waals surface area contributed by atoms with Crippen molar-refractivity contribution in [2.45, 2.75) is 19.3 Å². The molecule has 21 heavy (non-hydrogen) atoms. The summed E-state index contributed by atoms with van der Waals surface area (Å²) in [5.74, 6) is 1.44. The van der Waals surface area contributed by atoms with Gasteiger partial charge in [-0.25, -0.2) is 0 Å². The SMILES string of the molecule is COc1cc(Cl)c(CCCCN2CCNCC2)cc1OC. The number of nitrogens with one attached hydrogen (secondary N) is 1. The van der Waals surface area contributed by atoms with E-state index in [0.29, 0.717) is 5.75 Å². The molecule has 1 aromatic carbocycles. The molecule has 1 saturated heterocycles. The summed E-state index contributed by atoms with van der Waals surface area (Å²) >= 11 is 6.31. The van der Waals surface area contributed by atoms with Gasteiger partial charge in [0.2, 0.25) is 0 Å². The zero-order chi connectivity index (χ0) is 15.1. The highest BCUT2D eigenvalue weighted by atomic mass is 35.5. The standard InChI is InChI=1S/C16H25ClN2O2/c1-20-15-11-13(14(17)12-16(15)21-2)5-3-4-8-19-9-6-18-7-10-19/h11-12,18H,3-10H2,1-2H3. The lowest BCUT2D eigenvalue weighted by molar-refractivity contribution is 0.237. The molecule has 0 saturated carbocycles. The van der Waals surface area contributed by atoms with Gasteiger partial charge >= 0.3 is 0 Å². The highest BCUT2D eigenvalue weighted by Crippen LogP contribution is 2.33. The van der Waals surface area contributed by atoms with Gasteiger partial charge in [-0.3, -0.25) is 0 Å². The number of benzene rings is 1. The van der Waals surface area contributed by atoms with Gasteiger partial charge in [-0.1, -0.05) is 11.6 Å². The van der Waals surface area contributed by atoms with Gasteiger partial charge in [0.05, 0.1) is 14.2 Å². The van der Waals surface area contributed by atoms with Crippen LogP contribution in [-0.2, 0) is 6.42 Å². The van der Waals surface area contributed by atoms with Gasteiger partial charge in [-0.05, 0) is 37.4 Å². The molecule has 118 valence electrons. The molecule has 0 spiro atoms. The monoisotopic (exact) mass is 312 g/mol. The van der Waals surface area contributed by atoms with Crippen molar-refractivity contribution in [1.29, 1.82) is 0 Å². The van der Waals surface area contributed by atoms with Crippen LogP contribution in [-0.4, -0.2) is 51.8 Å². The third kappa shape index (κ3) is 4.77. The van der Waals surface area contributed by atoms with Crippen LogP contribution in [0.4, 0.5) is 0 Å². The summed E-state index contributed by atoms with van der Waals surface area (Å²) in [4.78, 5) is 2.52. The van der Waals surface area contributed by atoms with Crippen LogP contribution in [0.15, 0.2) is 12.1 Å². The molecule has 5 heteroatoms. The summed E-state index contributed by atoms with van der Waals surface area (Å²) in [6.45, 7) is 5.73. The second-order valence-electron chi connectivity index (χ2n) is 5.35. The first-order valence-electron chi connectivity index (χ1n) is 7.58. The predicted octanol–water partition coefficient (Wildman–Crippen LogP) is 2.59. The fourth-order valence-electron chi connectivity index (χ4n) is 2.67. The smallest absolute Gasteiger partial charge is 0.162 e. The number of hydrogen-bond donors (Lipinski definition) is 1. The number of aryl methyl sites for hydroxylation is 1. The Morgan fingerprint density at radius 2 is 1.76 bits per heavy atom. The van der Waals surface area contributed by atoms with Crippen molar-refractivity contribution in [3.8, 4) is 11.5 Å². The number of ether oxygens (including phenoxy) is 2. The van der Waals surface area contributed by atoms with Crippen molar-refractivity contribution < 1.29 is 9.47 Å². The number of hydrogen-bond acceptors (Lipinski definition) is 4. The van der Waals surface area contributed by atoms with Crippen LogP contribution >= 0.6 is 11.6 Å². The maximum Gasteiger partial charge on any atom is 0.162 e. The van der Waals surface area contributed by atoms with E-state index in [2.05, 4.69) is 10.2 Å². The number of methoxy groups -OCH3 is 2. The number of unbranched alkanes of at least 4 members (excludes halogenated alkanes) is 1. The van der Waals surface area contributed by atoms with Crippen molar-refractivity contribution >= 4 is 11.6 Å². The quantitative estimate of drug-likeness (QED) is 0.785. The maximum absolute atomic E-state index is 6.31. The highest BCUT2D eigenvalue weighted by molar-refractivity contribution is 6.31. The summed E-state index contributed by atoms with van der Waals surface area (Å²) in [6.07, 6.45) is 3.31. The largest absolute Gasteiger partial charge is 0.493 e. The van der Waals surface area contributed by atoms with Crippen LogP contribution in [0.3, 0.4) is 0 Å². The molecular weight excluding hydrogens is 288 g/mol. The molecule has 0 bridgehead atoms. The Morgan fingerprint density at radius 1 is 1.10 bits per heavy atom. The number of nitrogens with zero attached hydrogens (tertiary/aromatic N) is 1. The molecule has 1 aromatic rings. The summed E-state index contributed by atoms with van der Waals surface area (Å²) in [5, 5.41) is 4.14. The topological polar surface area (TPSA) is 33.7 Å². The van der Waals surface area contributed by atoms with Gasteiger partial charge in [0.15, 0.2) is 11.5 Å². The molecule has 2 rings (SSSR count). The molecule has 0 atom stereocenters. The molecule has 1 N–H and O–H groups in total.